The summed E-state index contributed by atoms with van der Waals surface area (Å²) < 4.78 is 10.6. The minimum Gasteiger partial charge on any atom is -0.496 e. The molecule has 0 aliphatic carbocycles. The Bertz CT molecular complexity index is 913. The molecule has 30 heavy (non-hydrogen) atoms. The van der Waals surface area contributed by atoms with Crippen molar-refractivity contribution in [2.75, 3.05) is 33.9 Å². The number of carbonyl (C=O) groups excluding carboxylic acids is 1. The first-order chi connectivity index (χ1) is 14.5. The summed E-state index contributed by atoms with van der Waals surface area (Å²) in [6.45, 7) is 6.75. The molecule has 160 valence electrons. The molecule has 1 aromatic heterocycles. The zero-order chi connectivity index (χ0) is 21.3. The summed E-state index contributed by atoms with van der Waals surface area (Å²) in [6, 6.07) is 8.68. The smallest absolute Gasteiger partial charge is 0.255 e. The second-order valence-electron chi connectivity index (χ2n) is 8.29. The highest BCUT2D eigenvalue weighted by molar-refractivity contribution is 5.94. The van der Waals surface area contributed by atoms with Crippen LogP contribution in [-0.4, -0.2) is 60.6 Å². The zero-order valence-corrected chi connectivity index (χ0v) is 18.4. The Morgan fingerprint density at radius 2 is 1.87 bits per heavy atom. The fraction of sp³-hybridized carbons (Fsp3) is 0.500. The van der Waals surface area contributed by atoms with E-state index in [1.54, 1.807) is 32.5 Å². The Morgan fingerprint density at radius 3 is 2.57 bits per heavy atom. The van der Waals surface area contributed by atoms with Crippen LogP contribution in [0.4, 0.5) is 0 Å². The standard InChI is InChI=1S/C24H31N3O3/c1-16-17(2)22(29-3)10-9-20(16)21-7-5-6-19-15-26(12-13-27(19)21)24(28)18-8-11-23(30-4)25-14-18/h8-11,14,19,21H,5-7,12-13,15H2,1-4H3/t19-,21+/m0/s1. The van der Waals surface area contributed by atoms with Crippen LogP contribution < -0.4 is 9.47 Å². The third kappa shape index (κ3) is 3.76. The number of piperazine rings is 1. The number of hydrogen-bond acceptors (Lipinski definition) is 5. The number of methoxy groups -OCH3 is 2. The van der Waals surface area contributed by atoms with E-state index in [1.165, 1.54) is 29.5 Å². The first-order valence-corrected chi connectivity index (χ1v) is 10.7. The van der Waals surface area contributed by atoms with Crippen molar-refractivity contribution in [2.24, 2.45) is 0 Å². The minimum atomic E-state index is 0.0587. The van der Waals surface area contributed by atoms with Crippen molar-refractivity contribution in [3.8, 4) is 11.6 Å². The van der Waals surface area contributed by atoms with Gasteiger partial charge in [-0.2, -0.15) is 0 Å². The van der Waals surface area contributed by atoms with Gasteiger partial charge >= 0.3 is 0 Å². The lowest BCUT2D eigenvalue weighted by Gasteiger charge is -2.48. The molecular weight excluding hydrogens is 378 g/mol. The number of fused-ring (bicyclic) bond motifs is 1. The molecular formula is C24H31N3O3. The molecule has 1 amide bonds. The third-order valence-electron chi connectivity index (χ3n) is 6.78. The minimum absolute atomic E-state index is 0.0587. The van der Waals surface area contributed by atoms with Gasteiger partial charge in [0.2, 0.25) is 5.88 Å². The molecule has 2 aliphatic heterocycles. The lowest BCUT2D eigenvalue weighted by atomic mass is 9.86. The van der Waals surface area contributed by atoms with E-state index in [1.807, 2.05) is 4.90 Å². The Labute approximate surface area is 178 Å². The zero-order valence-electron chi connectivity index (χ0n) is 18.4. The van der Waals surface area contributed by atoms with E-state index in [0.717, 1.165) is 31.8 Å². The number of carbonyl (C=O) groups is 1. The fourth-order valence-corrected chi connectivity index (χ4v) is 4.98. The molecule has 4 rings (SSSR count). The predicted octanol–water partition coefficient (Wildman–Crippen LogP) is 3.77. The quantitative estimate of drug-likeness (QED) is 0.770. The maximum Gasteiger partial charge on any atom is 0.255 e. The molecule has 6 nitrogen and oxygen atoms in total. The highest BCUT2D eigenvalue weighted by Gasteiger charge is 2.37. The summed E-state index contributed by atoms with van der Waals surface area (Å²) in [4.78, 5) is 21.8. The monoisotopic (exact) mass is 409 g/mol. The highest BCUT2D eigenvalue weighted by Crippen LogP contribution is 2.39. The number of benzene rings is 1. The topological polar surface area (TPSA) is 54.9 Å². The first-order valence-electron chi connectivity index (χ1n) is 10.7. The fourth-order valence-electron chi connectivity index (χ4n) is 4.98. The van der Waals surface area contributed by atoms with Crippen LogP contribution in [0.15, 0.2) is 30.5 Å². The van der Waals surface area contributed by atoms with E-state index < -0.39 is 0 Å². The second kappa shape index (κ2) is 8.64. The van der Waals surface area contributed by atoms with Gasteiger partial charge in [-0.25, -0.2) is 4.98 Å². The van der Waals surface area contributed by atoms with Crippen LogP contribution in [0.5, 0.6) is 11.6 Å². The Morgan fingerprint density at radius 1 is 1.03 bits per heavy atom. The number of pyridine rings is 1. The molecule has 0 radical (unpaired) electrons. The number of aromatic nitrogens is 1. The van der Waals surface area contributed by atoms with Crippen LogP contribution >= 0.6 is 0 Å². The van der Waals surface area contributed by atoms with Gasteiger partial charge in [0.15, 0.2) is 0 Å². The molecule has 0 N–H and O–H groups in total. The van der Waals surface area contributed by atoms with E-state index in [4.69, 9.17) is 9.47 Å². The van der Waals surface area contributed by atoms with E-state index in [9.17, 15) is 4.79 Å². The molecule has 3 heterocycles. The van der Waals surface area contributed by atoms with Crippen LogP contribution in [0.1, 0.15) is 52.4 Å². The number of nitrogens with zero attached hydrogens (tertiary/aromatic N) is 3. The van der Waals surface area contributed by atoms with Crippen molar-refractivity contribution in [1.82, 2.24) is 14.8 Å². The van der Waals surface area contributed by atoms with Gasteiger partial charge < -0.3 is 14.4 Å². The van der Waals surface area contributed by atoms with Crippen LogP contribution in [-0.2, 0) is 0 Å². The Balaban J connectivity index is 1.50. The highest BCUT2D eigenvalue weighted by atomic mass is 16.5. The molecule has 0 unspecified atom stereocenters. The van der Waals surface area contributed by atoms with E-state index >= 15 is 0 Å². The molecule has 0 saturated carbocycles. The van der Waals surface area contributed by atoms with Crippen LogP contribution in [0, 0.1) is 13.8 Å². The van der Waals surface area contributed by atoms with E-state index in [2.05, 4.69) is 35.9 Å². The van der Waals surface area contributed by atoms with Gasteiger partial charge in [0.1, 0.15) is 5.75 Å². The summed E-state index contributed by atoms with van der Waals surface area (Å²) in [5, 5.41) is 0. The van der Waals surface area contributed by atoms with Crippen molar-refractivity contribution in [1.29, 1.82) is 0 Å². The number of rotatable bonds is 4. The summed E-state index contributed by atoms with van der Waals surface area (Å²) in [5.41, 5.74) is 4.57. The van der Waals surface area contributed by atoms with Gasteiger partial charge in [0, 0.05) is 44.0 Å². The summed E-state index contributed by atoms with van der Waals surface area (Å²) in [6.07, 6.45) is 5.10. The van der Waals surface area contributed by atoms with Crippen LogP contribution in [0.25, 0.3) is 0 Å². The van der Waals surface area contributed by atoms with Gasteiger partial charge in [-0.05, 0) is 61.9 Å². The molecule has 2 saturated heterocycles. The molecule has 0 bridgehead atoms. The van der Waals surface area contributed by atoms with Gasteiger partial charge in [0.05, 0.1) is 19.8 Å². The molecule has 0 spiro atoms. The van der Waals surface area contributed by atoms with Gasteiger partial charge in [-0.15, -0.1) is 0 Å². The van der Waals surface area contributed by atoms with Gasteiger partial charge in [-0.1, -0.05) is 6.07 Å². The molecule has 2 atom stereocenters. The average Bonchev–Trinajstić information content (AvgIpc) is 2.79. The van der Waals surface area contributed by atoms with Crippen molar-refractivity contribution < 1.29 is 14.3 Å². The number of amides is 1. The van der Waals surface area contributed by atoms with Crippen molar-refractivity contribution in [3.05, 3.63) is 52.7 Å². The van der Waals surface area contributed by atoms with E-state index in [0.29, 0.717) is 23.5 Å². The maximum atomic E-state index is 13.0. The van der Waals surface area contributed by atoms with Crippen molar-refractivity contribution in [2.45, 2.75) is 45.2 Å². The predicted molar refractivity (Wildman–Crippen MR) is 116 cm³/mol. The van der Waals surface area contributed by atoms with Crippen LogP contribution in [0.3, 0.4) is 0 Å². The summed E-state index contributed by atoms with van der Waals surface area (Å²) >= 11 is 0. The first kappa shape index (κ1) is 20.7. The van der Waals surface area contributed by atoms with Gasteiger partial charge in [0.25, 0.3) is 5.91 Å². The van der Waals surface area contributed by atoms with E-state index in [-0.39, 0.29) is 5.91 Å². The SMILES string of the molecule is COc1ccc(C(=O)N2CCN3[C@@H](CCC[C@@H]3c3ccc(OC)c(C)c3C)C2)cn1. The molecule has 6 heteroatoms. The third-order valence-corrected chi connectivity index (χ3v) is 6.78. The Hall–Kier alpha value is -2.60. The van der Waals surface area contributed by atoms with Gasteiger partial charge in [-0.3, -0.25) is 9.69 Å². The lowest BCUT2D eigenvalue weighted by Crippen LogP contribution is -2.57. The largest absolute Gasteiger partial charge is 0.496 e. The average molecular weight is 410 g/mol. The second-order valence-corrected chi connectivity index (χ2v) is 8.29. The van der Waals surface area contributed by atoms with Crippen molar-refractivity contribution in [3.63, 3.8) is 0 Å². The number of hydrogen-bond donors (Lipinski definition) is 0. The molecule has 2 fully saturated rings. The molecule has 2 aliphatic rings. The normalized spacial score (nSPS) is 21.8. The maximum absolute atomic E-state index is 13.0. The molecule has 1 aromatic carbocycles. The summed E-state index contributed by atoms with van der Waals surface area (Å²) in [7, 11) is 3.31. The van der Waals surface area contributed by atoms with Crippen molar-refractivity contribution >= 4 is 5.91 Å². The lowest BCUT2D eigenvalue weighted by molar-refractivity contribution is 0.0101. The van der Waals surface area contributed by atoms with Crippen LogP contribution in [0.2, 0.25) is 0 Å². The molecule has 2 aromatic rings. The number of ether oxygens (including phenoxy) is 2. The number of piperidine rings is 1. The summed E-state index contributed by atoms with van der Waals surface area (Å²) in [5.74, 6) is 1.53. The Kier molecular flexibility index (Phi) is 5.95.